The summed E-state index contributed by atoms with van der Waals surface area (Å²) in [7, 11) is -1.77. The Morgan fingerprint density at radius 2 is 1.87 bits per heavy atom. The zero-order valence-corrected chi connectivity index (χ0v) is 15.0. The van der Waals surface area contributed by atoms with Crippen LogP contribution in [-0.2, 0) is 14.8 Å². The Labute approximate surface area is 140 Å². The van der Waals surface area contributed by atoms with Gasteiger partial charge in [-0.2, -0.15) is 0 Å². The van der Waals surface area contributed by atoms with Crippen molar-refractivity contribution < 1.29 is 13.2 Å². The highest BCUT2D eigenvalue weighted by atomic mass is 32.2. The first-order chi connectivity index (χ1) is 10.7. The van der Waals surface area contributed by atoms with Crippen LogP contribution in [0.25, 0.3) is 11.3 Å². The molecule has 0 saturated heterocycles. The number of amides is 1. The van der Waals surface area contributed by atoms with Gasteiger partial charge in [0, 0.05) is 23.9 Å². The molecule has 0 radical (unpaired) electrons. The summed E-state index contributed by atoms with van der Waals surface area (Å²) in [6.45, 7) is 3.64. The molecule has 23 heavy (non-hydrogen) atoms. The molecular weight excluding hydrogens is 334 g/mol. The van der Waals surface area contributed by atoms with Gasteiger partial charge in [-0.1, -0.05) is 26.0 Å². The molecule has 1 heterocycles. The summed E-state index contributed by atoms with van der Waals surface area (Å²) in [5, 5.41) is 5.17. The van der Waals surface area contributed by atoms with Gasteiger partial charge >= 0.3 is 0 Å². The van der Waals surface area contributed by atoms with Crippen LogP contribution >= 0.6 is 11.3 Å². The van der Waals surface area contributed by atoms with E-state index in [2.05, 4.69) is 10.3 Å². The maximum atomic E-state index is 11.7. The highest BCUT2D eigenvalue weighted by molar-refractivity contribution is 7.92. The molecule has 0 fully saturated rings. The van der Waals surface area contributed by atoms with Gasteiger partial charge in [0.05, 0.1) is 17.6 Å². The third-order valence-corrected chi connectivity index (χ3v) is 5.25. The van der Waals surface area contributed by atoms with E-state index in [1.807, 2.05) is 19.2 Å². The molecule has 1 N–H and O–H groups in total. The Bertz CT molecular complexity index is 796. The predicted molar refractivity (Wildman–Crippen MR) is 94.3 cm³/mol. The lowest BCUT2D eigenvalue weighted by Gasteiger charge is -2.16. The number of rotatable bonds is 5. The quantitative estimate of drug-likeness (QED) is 0.896. The molecule has 1 aromatic heterocycles. The van der Waals surface area contributed by atoms with E-state index in [9.17, 15) is 13.2 Å². The number of carbonyl (C=O) groups is 1. The van der Waals surface area contributed by atoms with Crippen molar-refractivity contribution in [1.29, 1.82) is 0 Å². The maximum Gasteiger partial charge on any atom is 0.231 e. The molecule has 0 atom stereocenters. The van der Waals surface area contributed by atoms with Gasteiger partial charge < -0.3 is 5.32 Å². The van der Waals surface area contributed by atoms with Crippen LogP contribution in [0.3, 0.4) is 0 Å². The van der Waals surface area contributed by atoms with E-state index in [1.165, 1.54) is 22.7 Å². The van der Waals surface area contributed by atoms with Gasteiger partial charge in [-0.3, -0.25) is 9.10 Å². The first kappa shape index (κ1) is 17.4. The van der Waals surface area contributed by atoms with Crippen molar-refractivity contribution in [3.8, 4) is 11.3 Å². The summed E-state index contributed by atoms with van der Waals surface area (Å²) in [6, 6.07) is 7.06. The molecule has 0 aliphatic heterocycles. The molecule has 0 unspecified atom stereocenters. The maximum absolute atomic E-state index is 11.7. The molecule has 124 valence electrons. The van der Waals surface area contributed by atoms with E-state index >= 15 is 0 Å². The minimum absolute atomic E-state index is 0.0731. The summed E-state index contributed by atoms with van der Waals surface area (Å²) in [5.41, 5.74) is 2.18. The molecule has 0 aliphatic rings. The van der Waals surface area contributed by atoms with Gasteiger partial charge in [0.25, 0.3) is 0 Å². The number of anilines is 2. The molecular formula is C15H19N3O3S2. The summed E-state index contributed by atoms with van der Waals surface area (Å²) in [5.74, 6) is -0.177. The summed E-state index contributed by atoms with van der Waals surface area (Å²) in [4.78, 5) is 16.0. The van der Waals surface area contributed by atoms with Crippen LogP contribution in [0.15, 0.2) is 29.6 Å². The van der Waals surface area contributed by atoms with Crippen molar-refractivity contribution in [1.82, 2.24) is 4.98 Å². The van der Waals surface area contributed by atoms with Crippen LogP contribution in [0, 0.1) is 5.92 Å². The summed E-state index contributed by atoms with van der Waals surface area (Å²) < 4.78 is 24.3. The van der Waals surface area contributed by atoms with Crippen molar-refractivity contribution in [2.75, 3.05) is 22.9 Å². The van der Waals surface area contributed by atoms with E-state index in [-0.39, 0.29) is 11.8 Å². The zero-order chi connectivity index (χ0) is 17.2. The Morgan fingerprint density at radius 1 is 1.26 bits per heavy atom. The Kier molecular flexibility index (Phi) is 5.06. The molecule has 0 spiro atoms. The summed E-state index contributed by atoms with van der Waals surface area (Å²) in [6.07, 6.45) is 1.16. The van der Waals surface area contributed by atoms with E-state index in [0.29, 0.717) is 10.8 Å². The van der Waals surface area contributed by atoms with Gasteiger partial charge in [-0.05, 0) is 12.1 Å². The van der Waals surface area contributed by atoms with Crippen molar-refractivity contribution in [2.45, 2.75) is 13.8 Å². The number of hydrogen-bond acceptors (Lipinski definition) is 5. The monoisotopic (exact) mass is 353 g/mol. The number of sulfonamides is 1. The molecule has 6 nitrogen and oxygen atoms in total. The van der Waals surface area contributed by atoms with Crippen molar-refractivity contribution >= 4 is 38.1 Å². The minimum Gasteiger partial charge on any atom is -0.302 e. The number of nitrogens with one attached hydrogen (secondary N) is 1. The van der Waals surface area contributed by atoms with Gasteiger partial charge in [0.15, 0.2) is 5.13 Å². The van der Waals surface area contributed by atoms with Crippen LogP contribution < -0.4 is 9.62 Å². The topological polar surface area (TPSA) is 79.4 Å². The molecule has 1 amide bonds. The second-order valence-electron chi connectivity index (χ2n) is 5.46. The van der Waals surface area contributed by atoms with E-state index < -0.39 is 10.0 Å². The fraction of sp³-hybridized carbons (Fsp3) is 0.333. The highest BCUT2D eigenvalue weighted by Gasteiger charge is 2.13. The highest BCUT2D eigenvalue weighted by Crippen LogP contribution is 2.27. The average molecular weight is 353 g/mol. The lowest BCUT2D eigenvalue weighted by molar-refractivity contribution is -0.118. The second kappa shape index (κ2) is 6.67. The second-order valence-corrected chi connectivity index (χ2v) is 8.33. The fourth-order valence-electron chi connectivity index (χ4n) is 1.75. The van der Waals surface area contributed by atoms with Crippen LogP contribution in [0.1, 0.15) is 13.8 Å². The van der Waals surface area contributed by atoms with Crippen LogP contribution in [0.2, 0.25) is 0 Å². The van der Waals surface area contributed by atoms with E-state index in [1.54, 1.807) is 24.3 Å². The SMILES string of the molecule is CC(C)C(=O)Nc1nc(-c2ccc(N(C)S(C)(=O)=O)cc2)cs1. The Morgan fingerprint density at radius 3 is 2.39 bits per heavy atom. The number of aromatic nitrogens is 1. The number of benzene rings is 1. The van der Waals surface area contributed by atoms with Crippen molar-refractivity contribution in [3.05, 3.63) is 29.6 Å². The molecule has 2 aromatic rings. The number of thiazole rings is 1. The van der Waals surface area contributed by atoms with Gasteiger partial charge in [0.2, 0.25) is 15.9 Å². The van der Waals surface area contributed by atoms with Crippen LogP contribution in [0.4, 0.5) is 10.8 Å². The zero-order valence-electron chi connectivity index (χ0n) is 13.4. The van der Waals surface area contributed by atoms with Crippen LogP contribution in [0.5, 0.6) is 0 Å². The Balaban J connectivity index is 2.17. The lowest BCUT2D eigenvalue weighted by Crippen LogP contribution is -2.24. The fourth-order valence-corrected chi connectivity index (χ4v) is 2.97. The first-order valence-electron chi connectivity index (χ1n) is 6.99. The van der Waals surface area contributed by atoms with Crippen LogP contribution in [-0.4, -0.2) is 32.6 Å². The molecule has 1 aromatic carbocycles. The number of nitrogens with zero attached hydrogens (tertiary/aromatic N) is 2. The molecule has 0 bridgehead atoms. The molecule has 2 rings (SSSR count). The van der Waals surface area contributed by atoms with Gasteiger partial charge in [-0.25, -0.2) is 13.4 Å². The standard InChI is InChI=1S/C15H19N3O3S2/c1-10(2)14(19)17-15-16-13(9-22-15)11-5-7-12(8-6-11)18(3)23(4,20)21/h5-10H,1-4H3,(H,16,17,19). The van der Waals surface area contributed by atoms with E-state index in [4.69, 9.17) is 0 Å². The number of carbonyl (C=O) groups excluding carboxylic acids is 1. The predicted octanol–water partition coefficient (Wildman–Crippen LogP) is 2.80. The van der Waals surface area contributed by atoms with Gasteiger partial charge in [-0.15, -0.1) is 11.3 Å². The summed E-state index contributed by atoms with van der Waals surface area (Å²) >= 11 is 1.36. The molecule has 8 heteroatoms. The Hall–Kier alpha value is -1.93. The smallest absolute Gasteiger partial charge is 0.231 e. The lowest BCUT2D eigenvalue weighted by atomic mass is 10.1. The molecule has 0 aliphatic carbocycles. The third kappa shape index (κ3) is 4.29. The first-order valence-corrected chi connectivity index (χ1v) is 9.72. The van der Waals surface area contributed by atoms with E-state index in [0.717, 1.165) is 17.5 Å². The average Bonchev–Trinajstić information content (AvgIpc) is 2.94. The minimum atomic E-state index is -3.28. The number of hydrogen-bond donors (Lipinski definition) is 1. The van der Waals surface area contributed by atoms with Crippen molar-refractivity contribution in [3.63, 3.8) is 0 Å². The van der Waals surface area contributed by atoms with Gasteiger partial charge in [0.1, 0.15) is 0 Å². The normalized spacial score (nSPS) is 11.5. The third-order valence-electron chi connectivity index (χ3n) is 3.28. The molecule has 0 saturated carbocycles. The van der Waals surface area contributed by atoms with Crippen molar-refractivity contribution in [2.24, 2.45) is 5.92 Å². The largest absolute Gasteiger partial charge is 0.302 e.